The molecule has 0 aromatic carbocycles. The maximum Gasteiger partial charge on any atom is 0.242 e. The number of aliphatic hydroxyl groups excluding tert-OH is 1. The topological polar surface area (TPSA) is 79.7 Å². The molecule has 5 nitrogen and oxygen atoms in total. The summed E-state index contributed by atoms with van der Waals surface area (Å²) < 4.78 is 4.85. The third-order valence-electron chi connectivity index (χ3n) is 2.93. The van der Waals surface area contributed by atoms with Crippen LogP contribution in [0.25, 0.3) is 0 Å². The van der Waals surface area contributed by atoms with Crippen LogP contribution in [0.2, 0.25) is 0 Å². The van der Waals surface area contributed by atoms with Crippen molar-refractivity contribution in [3.63, 3.8) is 0 Å². The monoisotopic (exact) mass is 224 g/mol. The smallest absolute Gasteiger partial charge is 0.242 e. The number of furan rings is 1. The number of carbonyl (C=O) groups excluding carboxylic acids is 1. The molecule has 0 bridgehead atoms. The Bertz CT molecular complexity index is 344. The Balaban J connectivity index is 2.01. The third kappa shape index (κ3) is 2.10. The second-order valence-corrected chi connectivity index (χ2v) is 4.06. The van der Waals surface area contributed by atoms with E-state index in [9.17, 15) is 9.90 Å². The zero-order valence-corrected chi connectivity index (χ0v) is 9.00. The summed E-state index contributed by atoms with van der Waals surface area (Å²) in [4.78, 5) is 13.6. The lowest BCUT2D eigenvalue weighted by Crippen LogP contribution is -2.45. The van der Waals surface area contributed by atoms with Crippen LogP contribution in [0.1, 0.15) is 24.5 Å². The van der Waals surface area contributed by atoms with Crippen molar-refractivity contribution in [2.24, 2.45) is 5.73 Å². The molecule has 5 heteroatoms. The van der Waals surface area contributed by atoms with E-state index < -0.39 is 12.1 Å². The SMILES string of the molecule is N[C@@H](C(=O)N1CCCC1)[C@@H](O)c1ccoc1. The Morgan fingerprint density at radius 1 is 1.50 bits per heavy atom. The number of rotatable bonds is 3. The molecule has 1 aromatic rings. The van der Waals surface area contributed by atoms with Gasteiger partial charge < -0.3 is 20.2 Å². The van der Waals surface area contributed by atoms with Gasteiger partial charge in [0, 0.05) is 18.7 Å². The van der Waals surface area contributed by atoms with Crippen molar-refractivity contribution < 1.29 is 14.3 Å². The maximum atomic E-state index is 11.9. The molecule has 0 radical (unpaired) electrons. The Morgan fingerprint density at radius 3 is 2.75 bits per heavy atom. The summed E-state index contributed by atoms with van der Waals surface area (Å²) in [5, 5.41) is 9.88. The van der Waals surface area contributed by atoms with Crippen molar-refractivity contribution in [1.82, 2.24) is 4.90 Å². The van der Waals surface area contributed by atoms with Crippen LogP contribution in [0.3, 0.4) is 0 Å². The van der Waals surface area contributed by atoms with Crippen LogP contribution in [-0.4, -0.2) is 35.0 Å². The molecule has 1 amide bonds. The highest BCUT2D eigenvalue weighted by Crippen LogP contribution is 2.19. The first-order chi connectivity index (χ1) is 7.70. The number of amides is 1. The van der Waals surface area contributed by atoms with Crippen molar-refractivity contribution in [3.8, 4) is 0 Å². The lowest BCUT2D eigenvalue weighted by molar-refractivity contribution is -0.134. The summed E-state index contributed by atoms with van der Waals surface area (Å²) in [5.74, 6) is -0.189. The van der Waals surface area contributed by atoms with E-state index in [1.807, 2.05) is 0 Å². The van der Waals surface area contributed by atoms with E-state index in [2.05, 4.69) is 0 Å². The van der Waals surface area contributed by atoms with Gasteiger partial charge >= 0.3 is 0 Å². The van der Waals surface area contributed by atoms with E-state index in [1.54, 1.807) is 11.0 Å². The van der Waals surface area contributed by atoms with E-state index in [0.717, 1.165) is 25.9 Å². The van der Waals surface area contributed by atoms with E-state index in [0.29, 0.717) is 5.56 Å². The molecule has 1 fully saturated rings. The highest BCUT2D eigenvalue weighted by Gasteiger charge is 2.30. The highest BCUT2D eigenvalue weighted by molar-refractivity contribution is 5.82. The van der Waals surface area contributed by atoms with Crippen molar-refractivity contribution in [3.05, 3.63) is 24.2 Å². The summed E-state index contributed by atoms with van der Waals surface area (Å²) in [5.41, 5.74) is 6.29. The number of nitrogens with zero attached hydrogens (tertiary/aromatic N) is 1. The van der Waals surface area contributed by atoms with Crippen LogP contribution in [-0.2, 0) is 4.79 Å². The number of aliphatic hydroxyl groups is 1. The van der Waals surface area contributed by atoms with Gasteiger partial charge in [-0.05, 0) is 18.9 Å². The van der Waals surface area contributed by atoms with Crippen molar-refractivity contribution in [2.45, 2.75) is 25.0 Å². The largest absolute Gasteiger partial charge is 0.472 e. The molecule has 16 heavy (non-hydrogen) atoms. The average molecular weight is 224 g/mol. The minimum absolute atomic E-state index is 0.189. The predicted molar refractivity (Wildman–Crippen MR) is 57.5 cm³/mol. The predicted octanol–water partition coefficient (Wildman–Crippen LogP) is 0.263. The molecule has 1 aliphatic rings. The number of carbonyl (C=O) groups is 1. The Labute approximate surface area is 93.8 Å². The first-order valence-corrected chi connectivity index (χ1v) is 5.44. The van der Waals surface area contributed by atoms with Gasteiger partial charge in [-0.25, -0.2) is 0 Å². The molecular formula is C11H16N2O3. The van der Waals surface area contributed by atoms with Gasteiger partial charge in [-0.2, -0.15) is 0 Å². The maximum absolute atomic E-state index is 11.9. The minimum Gasteiger partial charge on any atom is -0.472 e. The number of hydrogen-bond donors (Lipinski definition) is 2. The molecule has 0 spiro atoms. The molecule has 1 aliphatic heterocycles. The van der Waals surface area contributed by atoms with Gasteiger partial charge in [-0.15, -0.1) is 0 Å². The molecule has 3 N–H and O–H groups in total. The van der Waals surface area contributed by atoms with Gasteiger partial charge in [-0.1, -0.05) is 0 Å². The van der Waals surface area contributed by atoms with E-state index >= 15 is 0 Å². The number of hydrogen-bond acceptors (Lipinski definition) is 4. The fourth-order valence-electron chi connectivity index (χ4n) is 1.93. The second-order valence-electron chi connectivity index (χ2n) is 4.06. The van der Waals surface area contributed by atoms with Gasteiger partial charge in [0.15, 0.2) is 0 Å². The first kappa shape index (κ1) is 11.2. The van der Waals surface area contributed by atoms with Gasteiger partial charge in [0.25, 0.3) is 0 Å². The number of nitrogens with two attached hydrogens (primary N) is 1. The molecule has 0 saturated carbocycles. The molecular weight excluding hydrogens is 208 g/mol. The third-order valence-corrected chi connectivity index (χ3v) is 2.93. The summed E-state index contributed by atoms with van der Waals surface area (Å²) in [6, 6.07) is 0.706. The second kappa shape index (κ2) is 4.67. The summed E-state index contributed by atoms with van der Waals surface area (Å²) in [6.45, 7) is 1.48. The van der Waals surface area contributed by atoms with Crippen LogP contribution in [0, 0.1) is 0 Å². The molecule has 88 valence electrons. The molecule has 2 rings (SSSR count). The highest BCUT2D eigenvalue weighted by atomic mass is 16.3. The summed E-state index contributed by atoms with van der Waals surface area (Å²) in [6.07, 6.45) is 3.89. The van der Waals surface area contributed by atoms with Crippen LogP contribution < -0.4 is 5.73 Å². The zero-order chi connectivity index (χ0) is 11.5. The first-order valence-electron chi connectivity index (χ1n) is 5.44. The normalized spacial score (nSPS) is 19.8. The van der Waals surface area contributed by atoms with Gasteiger partial charge in [0.05, 0.1) is 12.5 Å². The van der Waals surface area contributed by atoms with Crippen LogP contribution in [0.15, 0.2) is 23.0 Å². The molecule has 1 saturated heterocycles. The van der Waals surface area contributed by atoms with Gasteiger partial charge in [-0.3, -0.25) is 4.79 Å². The van der Waals surface area contributed by atoms with E-state index in [-0.39, 0.29) is 5.91 Å². The average Bonchev–Trinajstić information content (AvgIpc) is 2.97. The molecule has 2 heterocycles. The quantitative estimate of drug-likeness (QED) is 0.772. The van der Waals surface area contributed by atoms with Crippen molar-refractivity contribution in [1.29, 1.82) is 0 Å². The summed E-state index contributed by atoms with van der Waals surface area (Å²) in [7, 11) is 0. The van der Waals surface area contributed by atoms with E-state index in [4.69, 9.17) is 10.2 Å². The van der Waals surface area contributed by atoms with Crippen LogP contribution in [0.4, 0.5) is 0 Å². The van der Waals surface area contributed by atoms with Gasteiger partial charge in [0.1, 0.15) is 12.1 Å². The summed E-state index contributed by atoms with van der Waals surface area (Å²) >= 11 is 0. The molecule has 2 atom stereocenters. The van der Waals surface area contributed by atoms with Crippen molar-refractivity contribution >= 4 is 5.91 Å². The van der Waals surface area contributed by atoms with E-state index in [1.165, 1.54) is 12.5 Å². The fraction of sp³-hybridized carbons (Fsp3) is 0.545. The number of likely N-dealkylation sites (tertiary alicyclic amines) is 1. The Morgan fingerprint density at radius 2 is 2.19 bits per heavy atom. The minimum atomic E-state index is -0.994. The zero-order valence-electron chi connectivity index (χ0n) is 9.00. The molecule has 1 aromatic heterocycles. The molecule has 0 unspecified atom stereocenters. The Kier molecular flexibility index (Phi) is 3.26. The Hall–Kier alpha value is -1.33. The lowest BCUT2D eigenvalue weighted by Gasteiger charge is -2.23. The van der Waals surface area contributed by atoms with Crippen LogP contribution >= 0.6 is 0 Å². The van der Waals surface area contributed by atoms with Crippen molar-refractivity contribution in [2.75, 3.05) is 13.1 Å². The fourth-order valence-corrected chi connectivity index (χ4v) is 1.93. The van der Waals surface area contributed by atoms with Gasteiger partial charge in [0.2, 0.25) is 5.91 Å². The lowest BCUT2D eigenvalue weighted by atomic mass is 10.1. The standard InChI is InChI=1S/C11H16N2O3/c12-9(10(14)8-3-6-16-7-8)11(15)13-4-1-2-5-13/h3,6-7,9-10,14H,1-2,4-5,12H2/t9-,10+/m1/s1. The molecule has 0 aliphatic carbocycles. The van der Waals surface area contributed by atoms with Crippen LogP contribution in [0.5, 0.6) is 0 Å².